The summed E-state index contributed by atoms with van der Waals surface area (Å²) in [5, 5.41) is 13.4. The zero-order chi connectivity index (χ0) is 16.4. The summed E-state index contributed by atoms with van der Waals surface area (Å²) in [6.45, 7) is 0.595. The number of carbonyl (C=O) groups excluding carboxylic acids is 1. The lowest BCUT2D eigenvalue weighted by molar-refractivity contribution is -0.152. The number of aryl methyl sites for hydroxylation is 1. The normalized spacial score (nSPS) is 18.3. The fourth-order valence-corrected chi connectivity index (χ4v) is 2.95. The summed E-state index contributed by atoms with van der Waals surface area (Å²) in [4.78, 5) is 37.1. The number of aliphatic carboxylic acids is 1. The number of fused-ring (bicyclic) bond motifs is 1. The van der Waals surface area contributed by atoms with Crippen LogP contribution >= 0.6 is 0 Å². The fourth-order valence-electron chi connectivity index (χ4n) is 2.95. The number of carboxylic acid groups (broad SMARTS) is 1. The maximum absolute atomic E-state index is 12.3. The van der Waals surface area contributed by atoms with Crippen LogP contribution in [0.1, 0.15) is 25.7 Å². The highest BCUT2D eigenvalue weighted by atomic mass is 16.4. The molecular weight excluding hydrogens is 300 g/mol. The number of amides is 1. The second kappa shape index (κ2) is 6.23. The Morgan fingerprint density at radius 3 is 2.87 bits per heavy atom. The molecule has 1 aliphatic rings. The lowest BCUT2D eigenvalue weighted by Crippen LogP contribution is -2.48. The maximum atomic E-state index is 12.3. The molecule has 8 heteroatoms. The largest absolute Gasteiger partial charge is 0.480 e. The average molecular weight is 318 g/mol. The van der Waals surface area contributed by atoms with Crippen molar-refractivity contribution in [2.24, 2.45) is 0 Å². The molecule has 3 rings (SSSR count). The SMILES string of the molecule is O=C(O)[C@H]1CCCCN1C(=O)CCn1nc2ccccn2c1=O. The number of likely N-dealkylation sites (tertiary alicyclic amines) is 1. The lowest BCUT2D eigenvalue weighted by Gasteiger charge is -2.33. The summed E-state index contributed by atoms with van der Waals surface area (Å²) in [5.74, 6) is -1.22. The molecule has 0 spiro atoms. The fraction of sp³-hybridized carbons (Fsp3) is 0.467. The minimum absolute atomic E-state index is 0.0631. The first-order valence-corrected chi connectivity index (χ1v) is 7.64. The third-order valence-corrected chi connectivity index (χ3v) is 4.13. The zero-order valence-electron chi connectivity index (χ0n) is 12.6. The van der Waals surface area contributed by atoms with E-state index in [0.717, 1.165) is 12.8 Å². The number of pyridine rings is 1. The number of carboxylic acids is 1. The van der Waals surface area contributed by atoms with E-state index in [4.69, 9.17) is 0 Å². The van der Waals surface area contributed by atoms with Gasteiger partial charge in [-0.1, -0.05) is 6.07 Å². The quantitative estimate of drug-likeness (QED) is 0.877. The maximum Gasteiger partial charge on any atom is 0.350 e. The second-order valence-corrected chi connectivity index (χ2v) is 5.62. The Labute approximate surface area is 131 Å². The van der Waals surface area contributed by atoms with E-state index in [1.54, 1.807) is 24.4 Å². The van der Waals surface area contributed by atoms with Crippen LogP contribution in [-0.2, 0) is 16.1 Å². The first-order valence-electron chi connectivity index (χ1n) is 7.64. The van der Waals surface area contributed by atoms with Crippen molar-refractivity contribution in [1.29, 1.82) is 0 Å². The molecule has 1 amide bonds. The van der Waals surface area contributed by atoms with Crippen molar-refractivity contribution in [2.45, 2.75) is 38.3 Å². The van der Waals surface area contributed by atoms with Gasteiger partial charge >= 0.3 is 11.7 Å². The van der Waals surface area contributed by atoms with Crippen LogP contribution in [0.5, 0.6) is 0 Å². The Hall–Kier alpha value is -2.64. The molecule has 2 aromatic rings. The van der Waals surface area contributed by atoms with Crippen LogP contribution in [0.25, 0.3) is 5.65 Å². The van der Waals surface area contributed by atoms with Crippen LogP contribution in [0.4, 0.5) is 0 Å². The number of piperidine rings is 1. The number of hydrogen-bond donors (Lipinski definition) is 1. The van der Waals surface area contributed by atoms with Gasteiger partial charge < -0.3 is 10.0 Å². The molecule has 3 heterocycles. The first kappa shape index (κ1) is 15.3. The Kier molecular flexibility index (Phi) is 4.14. The molecule has 1 fully saturated rings. The molecule has 0 aromatic carbocycles. The summed E-state index contributed by atoms with van der Waals surface area (Å²) >= 11 is 0. The van der Waals surface area contributed by atoms with Crippen molar-refractivity contribution in [3.63, 3.8) is 0 Å². The van der Waals surface area contributed by atoms with Gasteiger partial charge in [0.1, 0.15) is 6.04 Å². The summed E-state index contributed by atoms with van der Waals surface area (Å²) < 4.78 is 2.65. The summed E-state index contributed by atoms with van der Waals surface area (Å²) in [6, 6.07) is 4.47. The van der Waals surface area contributed by atoms with Gasteiger partial charge in [0.25, 0.3) is 0 Å². The average Bonchev–Trinajstić information content (AvgIpc) is 2.89. The number of nitrogens with zero attached hydrogens (tertiary/aromatic N) is 4. The molecule has 23 heavy (non-hydrogen) atoms. The predicted octanol–water partition coefficient (Wildman–Crippen LogP) is 0.352. The van der Waals surface area contributed by atoms with Crippen molar-refractivity contribution in [2.75, 3.05) is 6.54 Å². The van der Waals surface area contributed by atoms with E-state index in [2.05, 4.69) is 5.10 Å². The Bertz CT molecular complexity index is 794. The molecule has 1 aliphatic heterocycles. The number of aromatic nitrogens is 3. The topological polar surface area (TPSA) is 96.9 Å². The van der Waals surface area contributed by atoms with Crippen LogP contribution in [0, 0.1) is 0 Å². The minimum Gasteiger partial charge on any atom is -0.480 e. The van der Waals surface area contributed by atoms with Gasteiger partial charge in [0.2, 0.25) is 5.91 Å². The third-order valence-electron chi connectivity index (χ3n) is 4.13. The molecule has 2 aromatic heterocycles. The molecule has 1 atom stereocenters. The molecule has 0 aliphatic carbocycles. The Balaban J connectivity index is 1.71. The van der Waals surface area contributed by atoms with E-state index < -0.39 is 12.0 Å². The Morgan fingerprint density at radius 2 is 2.13 bits per heavy atom. The summed E-state index contributed by atoms with van der Waals surface area (Å²) in [7, 11) is 0. The molecule has 0 bridgehead atoms. The highest BCUT2D eigenvalue weighted by molar-refractivity contribution is 5.83. The van der Waals surface area contributed by atoms with Crippen LogP contribution in [0.3, 0.4) is 0 Å². The molecule has 0 radical (unpaired) electrons. The molecule has 1 saturated heterocycles. The van der Waals surface area contributed by atoms with E-state index in [-0.39, 0.29) is 24.6 Å². The third kappa shape index (κ3) is 2.96. The Morgan fingerprint density at radius 1 is 1.30 bits per heavy atom. The minimum atomic E-state index is -0.969. The van der Waals surface area contributed by atoms with Crippen molar-refractivity contribution in [3.8, 4) is 0 Å². The molecular formula is C15H18N4O4. The zero-order valence-corrected chi connectivity index (χ0v) is 12.6. The number of carbonyl (C=O) groups is 2. The van der Waals surface area contributed by atoms with Gasteiger partial charge in [-0.3, -0.25) is 9.20 Å². The summed E-state index contributed by atoms with van der Waals surface area (Å²) in [5.41, 5.74) is 0.216. The smallest absolute Gasteiger partial charge is 0.350 e. The lowest BCUT2D eigenvalue weighted by atomic mass is 10.0. The van der Waals surface area contributed by atoms with E-state index in [1.165, 1.54) is 14.0 Å². The highest BCUT2D eigenvalue weighted by Crippen LogP contribution is 2.18. The predicted molar refractivity (Wildman–Crippen MR) is 81.1 cm³/mol. The van der Waals surface area contributed by atoms with Crippen LogP contribution in [0.15, 0.2) is 29.2 Å². The van der Waals surface area contributed by atoms with Gasteiger partial charge in [-0.15, -0.1) is 5.10 Å². The number of rotatable bonds is 4. The van der Waals surface area contributed by atoms with E-state index in [0.29, 0.717) is 18.6 Å². The molecule has 1 N–H and O–H groups in total. The van der Waals surface area contributed by atoms with E-state index in [9.17, 15) is 19.5 Å². The molecule has 8 nitrogen and oxygen atoms in total. The van der Waals surface area contributed by atoms with Crippen molar-refractivity contribution >= 4 is 17.5 Å². The van der Waals surface area contributed by atoms with Gasteiger partial charge in [-0.05, 0) is 31.4 Å². The van der Waals surface area contributed by atoms with Crippen molar-refractivity contribution in [1.82, 2.24) is 19.1 Å². The van der Waals surface area contributed by atoms with Gasteiger partial charge in [-0.25, -0.2) is 14.3 Å². The van der Waals surface area contributed by atoms with Gasteiger partial charge in [0.15, 0.2) is 5.65 Å². The molecule has 0 unspecified atom stereocenters. The number of hydrogen-bond acceptors (Lipinski definition) is 4. The molecule has 0 saturated carbocycles. The van der Waals surface area contributed by atoms with E-state index in [1.807, 2.05) is 0 Å². The highest BCUT2D eigenvalue weighted by Gasteiger charge is 2.31. The molecule has 122 valence electrons. The van der Waals surface area contributed by atoms with Crippen LogP contribution in [0.2, 0.25) is 0 Å². The first-order chi connectivity index (χ1) is 11.1. The summed E-state index contributed by atoms with van der Waals surface area (Å²) in [6.07, 6.45) is 3.79. The standard InChI is InChI=1S/C15H18N4O4/c20-13(17-8-3-1-5-11(17)14(21)22)7-10-19-15(23)18-9-4-2-6-12(18)16-19/h2,4,6,9,11H,1,3,5,7-8,10H2,(H,21,22)/t11-/m1/s1. The monoisotopic (exact) mass is 318 g/mol. The van der Waals surface area contributed by atoms with Gasteiger partial charge in [0.05, 0.1) is 6.54 Å². The van der Waals surface area contributed by atoms with E-state index >= 15 is 0 Å². The van der Waals surface area contributed by atoms with Crippen molar-refractivity contribution in [3.05, 3.63) is 34.9 Å². The van der Waals surface area contributed by atoms with Gasteiger partial charge in [0, 0.05) is 19.2 Å². The second-order valence-electron chi connectivity index (χ2n) is 5.62. The van der Waals surface area contributed by atoms with Crippen molar-refractivity contribution < 1.29 is 14.7 Å². The van der Waals surface area contributed by atoms with Gasteiger partial charge in [-0.2, -0.15) is 0 Å². The van der Waals surface area contributed by atoms with Crippen LogP contribution < -0.4 is 5.69 Å². The van der Waals surface area contributed by atoms with Crippen LogP contribution in [-0.4, -0.2) is 48.7 Å².